The SMILES string of the molecule is CC1(C)C(O)CCCN1C(=O)c1cc(Br)cs1. The fourth-order valence-corrected chi connectivity index (χ4v) is 3.56. The Morgan fingerprint density at radius 3 is 2.94 bits per heavy atom. The van der Waals surface area contributed by atoms with Crippen LogP contribution in [-0.4, -0.2) is 34.1 Å². The van der Waals surface area contributed by atoms with Crippen molar-refractivity contribution in [1.82, 2.24) is 4.90 Å². The van der Waals surface area contributed by atoms with E-state index in [2.05, 4.69) is 15.9 Å². The third-order valence-electron chi connectivity index (χ3n) is 3.39. The number of piperidine rings is 1. The molecule has 1 atom stereocenters. The Bertz CT molecular complexity index is 430. The van der Waals surface area contributed by atoms with E-state index in [4.69, 9.17) is 0 Å². The van der Waals surface area contributed by atoms with Gasteiger partial charge in [0.1, 0.15) is 0 Å². The summed E-state index contributed by atoms with van der Waals surface area (Å²) in [5, 5.41) is 11.9. The number of halogens is 1. The second-order valence-corrected chi connectivity index (χ2v) is 6.72. The van der Waals surface area contributed by atoms with E-state index in [0.29, 0.717) is 0 Å². The Morgan fingerprint density at radius 1 is 1.65 bits per heavy atom. The van der Waals surface area contributed by atoms with Crippen LogP contribution in [-0.2, 0) is 0 Å². The molecule has 1 amide bonds. The zero-order chi connectivity index (χ0) is 12.6. The summed E-state index contributed by atoms with van der Waals surface area (Å²) in [4.78, 5) is 14.9. The molecule has 0 aromatic carbocycles. The molecule has 3 nitrogen and oxygen atoms in total. The summed E-state index contributed by atoms with van der Waals surface area (Å²) < 4.78 is 0.932. The maximum atomic E-state index is 12.4. The standard InChI is InChI=1S/C12H16BrNO2S/c1-12(2)10(15)4-3-5-14(12)11(16)9-6-8(13)7-17-9/h6-7,10,15H,3-5H2,1-2H3. The van der Waals surface area contributed by atoms with Gasteiger partial charge in [-0.25, -0.2) is 0 Å². The number of likely N-dealkylation sites (tertiary alicyclic amines) is 1. The first kappa shape index (κ1) is 13.1. The number of nitrogens with zero attached hydrogens (tertiary/aromatic N) is 1. The first-order valence-electron chi connectivity index (χ1n) is 5.67. The Kier molecular flexibility index (Phi) is 3.61. The molecule has 17 heavy (non-hydrogen) atoms. The molecule has 1 aliphatic rings. The first-order valence-corrected chi connectivity index (χ1v) is 7.34. The van der Waals surface area contributed by atoms with Gasteiger partial charge in [-0.3, -0.25) is 4.79 Å². The summed E-state index contributed by atoms with van der Waals surface area (Å²) >= 11 is 4.79. The van der Waals surface area contributed by atoms with Crippen molar-refractivity contribution in [2.75, 3.05) is 6.54 Å². The Morgan fingerprint density at radius 2 is 2.35 bits per heavy atom. The Hall–Kier alpha value is -0.390. The van der Waals surface area contributed by atoms with E-state index in [1.54, 1.807) is 4.90 Å². The van der Waals surface area contributed by atoms with Crippen molar-refractivity contribution in [3.63, 3.8) is 0 Å². The van der Waals surface area contributed by atoms with Crippen molar-refractivity contribution in [1.29, 1.82) is 0 Å². The van der Waals surface area contributed by atoms with Crippen molar-refractivity contribution in [3.8, 4) is 0 Å². The van der Waals surface area contributed by atoms with E-state index < -0.39 is 11.6 Å². The molecule has 1 aliphatic heterocycles. The summed E-state index contributed by atoms with van der Waals surface area (Å²) in [6.45, 7) is 4.58. The molecule has 1 aromatic rings. The zero-order valence-electron chi connectivity index (χ0n) is 9.94. The van der Waals surface area contributed by atoms with Crippen LogP contribution in [0.4, 0.5) is 0 Å². The molecular formula is C12H16BrNO2S. The average Bonchev–Trinajstić information content (AvgIpc) is 2.68. The lowest BCUT2D eigenvalue weighted by molar-refractivity contribution is -0.0305. The normalized spacial score (nSPS) is 23.8. The van der Waals surface area contributed by atoms with Crippen LogP contribution in [0.2, 0.25) is 0 Å². The number of carbonyl (C=O) groups excluding carboxylic acids is 1. The van der Waals surface area contributed by atoms with Gasteiger partial charge in [0.25, 0.3) is 5.91 Å². The maximum Gasteiger partial charge on any atom is 0.264 e. The number of rotatable bonds is 1. The van der Waals surface area contributed by atoms with Gasteiger partial charge in [-0.2, -0.15) is 0 Å². The van der Waals surface area contributed by atoms with Crippen LogP contribution < -0.4 is 0 Å². The summed E-state index contributed by atoms with van der Waals surface area (Å²) in [5.41, 5.74) is -0.480. The highest BCUT2D eigenvalue weighted by Crippen LogP contribution is 2.31. The van der Waals surface area contributed by atoms with Gasteiger partial charge >= 0.3 is 0 Å². The van der Waals surface area contributed by atoms with Crippen LogP contribution >= 0.6 is 27.3 Å². The molecule has 1 saturated heterocycles. The molecule has 0 aliphatic carbocycles. The molecule has 1 fully saturated rings. The number of aliphatic hydroxyl groups excluding tert-OH is 1. The van der Waals surface area contributed by atoms with Crippen molar-refractivity contribution >= 4 is 33.2 Å². The molecule has 2 rings (SSSR count). The minimum atomic E-state index is -0.480. The van der Waals surface area contributed by atoms with Crippen molar-refractivity contribution in [2.45, 2.75) is 38.3 Å². The van der Waals surface area contributed by atoms with E-state index in [0.717, 1.165) is 28.7 Å². The van der Waals surface area contributed by atoms with Gasteiger partial charge in [0, 0.05) is 16.4 Å². The van der Waals surface area contributed by atoms with Gasteiger partial charge in [0.15, 0.2) is 0 Å². The largest absolute Gasteiger partial charge is 0.391 e. The van der Waals surface area contributed by atoms with Crippen LogP contribution in [0.5, 0.6) is 0 Å². The monoisotopic (exact) mass is 317 g/mol. The summed E-state index contributed by atoms with van der Waals surface area (Å²) in [6.07, 6.45) is 1.19. The third-order valence-corrected chi connectivity index (χ3v) is 5.07. The van der Waals surface area contributed by atoms with Gasteiger partial charge < -0.3 is 10.0 Å². The molecule has 0 bridgehead atoms. The first-order chi connectivity index (χ1) is 7.93. The second kappa shape index (κ2) is 4.71. The van der Waals surface area contributed by atoms with E-state index in [1.165, 1.54) is 11.3 Å². The molecular weight excluding hydrogens is 302 g/mol. The van der Waals surface area contributed by atoms with E-state index >= 15 is 0 Å². The summed E-state index contributed by atoms with van der Waals surface area (Å²) in [5.74, 6) is 0.0180. The average molecular weight is 318 g/mol. The minimum Gasteiger partial charge on any atom is -0.391 e. The molecule has 0 radical (unpaired) electrons. The molecule has 0 saturated carbocycles. The fourth-order valence-electron chi connectivity index (χ4n) is 2.19. The summed E-state index contributed by atoms with van der Waals surface area (Å²) in [6, 6.07) is 1.84. The van der Waals surface area contributed by atoms with E-state index in [9.17, 15) is 9.90 Å². The summed E-state index contributed by atoms with van der Waals surface area (Å²) in [7, 11) is 0. The van der Waals surface area contributed by atoms with Crippen molar-refractivity contribution in [2.24, 2.45) is 0 Å². The van der Waals surface area contributed by atoms with Gasteiger partial charge in [0.2, 0.25) is 0 Å². The lowest BCUT2D eigenvalue weighted by Gasteiger charge is -2.45. The van der Waals surface area contributed by atoms with E-state index in [-0.39, 0.29) is 5.91 Å². The quantitative estimate of drug-likeness (QED) is 0.865. The highest BCUT2D eigenvalue weighted by atomic mass is 79.9. The van der Waals surface area contributed by atoms with Gasteiger partial charge in [-0.1, -0.05) is 0 Å². The minimum absolute atomic E-state index is 0.0180. The number of aliphatic hydroxyl groups is 1. The Balaban J connectivity index is 2.24. The fraction of sp³-hybridized carbons (Fsp3) is 0.583. The third kappa shape index (κ3) is 2.41. The zero-order valence-corrected chi connectivity index (χ0v) is 12.3. The van der Waals surface area contributed by atoms with Crippen LogP contribution in [0, 0.1) is 0 Å². The molecule has 94 valence electrons. The molecule has 5 heteroatoms. The van der Waals surface area contributed by atoms with Gasteiger partial charge in [-0.05, 0) is 48.7 Å². The molecule has 1 aromatic heterocycles. The lowest BCUT2D eigenvalue weighted by Crippen LogP contribution is -2.58. The van der Waals surface area contributed by atoms with Crippen molar-refractivity contribution < 1.29 is 9.90 Å². The predicted molar refractivity (Wildman–Crippen MR) is 72.4 cm³/mol. The van der Waals surface area contributed by atoms with E-state index in [1.807, 2.05) is 25.3 Å². The highest BCUT2D eigenvalue weighted by molar-refractivity contribution is 9.10. The lowest BCUT2D eigenvalue weighted by atomic mass is 9.87. The van der Waals surface area contributed by atoms with Crippen LogP contribution in [0.25, 0.3) is 0 Å². The smallest absolute Gasteiger partial charge is 0.264 e. The molecule has 2 heterocycles. The van der Waals surface area contributed by atoms with Crippen LogP contribution in [0.15, 0.2) is 15.9 Å². The van der Waals surface area contributed by atoms with Crippen molar-refractivity contribution in [3.05, 3.63) is 20.8 Å². The maximum absolute atomic E-state index is 12.4. The van der Waals surface area contributed by atoms with Gasteiger partial charge in [-0.15, -0.1) is 11.3 Å². The number of carbonyl (C=O) groups is 1. The van der Waals surface area contributed by atoms with Gasteiger partial charge in [0.05, 0.1) is 16.5 Å². The van der Waals surface area contributed by atoms with Crippen LogP contribution in [0.1, 0.15) is 36.4 Å². The predicted octanol–water partition coefficient (Wildman–Crippen LogP) is 2.89. The second-order valence-electron chi connectivity index (χ2n) is 4.90. The molecule has 1 unspecified atom stereocenters. The number of thiophene rings is 1. The number of hydrogen-bond acceptors (Lipinski definition) is 3. The molecule has 1 N–H and O–H groups in total. The topological polar surface area (TPSA) is 40.5 Å². The number of hydrogen-bond donors (Lipinski definition) is 1. The number of amides is 1. The molecule has 0 spiro atoms. The highest BCUT2D eigenvalue weighted by Gasteiger charge is 2.40. The Labute approximate surface area is 114 Å². The van der Waals surface area contributed by atoms with Crippen LogP contribution in [0.3, 0.4) is 0 Å².